The lowest BCUT2D eigenvalue weighted by Crippen LogP contribution is -2.32. The van der Waals surface area contributed by atoms with E-state index in [1.807, 2.05) is 18.2 Å². The maximum absolute atomic E-state index is 12.4. The van der Waals surface area contributed by atoms with Crippen LogP contribution in [-0.2, 0) is 16.6 Å². The van der Waals surface area contributed by atoms with Crippen LogP contribution in [0.25, 0.3) is 0 Å². The third kappa shape index (κ3) is 3.76. The van der Waals surface area contributed by atoms with Crippen molar-refractivity contribution in [1.29, 1.82) is 0 Å². The van der Waals surface area contributed by atoms with Crippen molar-refractivity contribution < 1.29 is 17.9 Å². The highest BCUT2D eigenvalue weighted by Crippen LogP contribution is 2.32. The molecule has 2 aliphatic rings. The van der Waals surface area contributed by atoms with Crippen molar-refractivity contribution in [2.45, 2.75) is 43.2 Å². The van der Waals surface area contributed by atoms with Crippen LogP contribution in [0, 0.1) is 0 Å². The second kappa shape index (κ2) is 7.13. The van der Waals surface area contributed by atoms with Gasteiger partial charge < -0.3 is 14.8 Å². The predicted molar refractivity (Wildman–Crippen MR) is 96.7 cm³/mol. The Hall–Kier alpha value is -2.32. The van der Waals surface area contributed by atoms with Crippen LogP contribution in [0.4, 0.5) is 5.82 Å². The van der Waals surface area contributed by atoms with E-state index in [-0.39, 0.29) is 17.7 Å². The van der Waals surface area contributed by atoms with Crippen molar-refractivity contribution in [3.63, 3.8) is 0 Å². The van der Waals surface area contributed by atoms with Crippen molar-refractivity contribution >= 4 is 15.8 Å². The Morgan fingerprint density at radius 1 is 1.08 bits per heavy atom. The standard InChI is InChI=1S/C18H21N3O4S/c22-26(23,21-14-3-1-2-4-14)15-6-8-18(20-11-15)19-10-13-5-7-16-17(9-13)25-12-24-16/h5-9,11,14,21H,1-4,10,12H2,(H,19,20). The molecule has 0 saturated heterocycles. The van der Waals surface area contributed by atoms with Gasteiger partial charge in [-0.2, -0.15) is 0 Å². The number of fused-ring (bicyclic) bond motifs is 1. The zero-order valence-electron chi connectivity index (χ0n) is 14.3. The van der Waals surface area contributed by atoms with Crippen molar-refractivity contribution in [3.8, 4) is 11.5 Å². The molecular formula is C18H21N3O4S. The highest BCUT2D eigenvalue weighted by atomic mass is 32.2. The highest BCUT2D eigenvalue weighted by Gasteiger charge is 2.23. The number of sulfonamides is 1. The molecule has 7 nitrogen and oxygen atoms in total. The summed E-state index contributed by atoms with van der Waals surface area (Å²) in [6.07, 6.45) is 5.35. The first-order valence-electron chi connectivity index (χ1n) is 8.71. The second-order valence-electron chi connectivity index (χ2n) is 6.52. The molecule has 1 aliphatic carbocycles. The van der Waals surface area contributed by atoms with Gasteiger partial charge in [0.15, 0.2) is 11.5 Å². The minimum Gasteiger partial charge on any atom is -0.454 e. The van der Waals surface area contributed by atoms with Gasteiger partial charge in [0.05, 0.1) is 0 Å². The lowest BCUT2D eigenvalue weighted by atomic mass is 10.2. The van der Waals surface area contributed by atoms with E-state index in [4.69, 9.17) is 9.47 Å². The van der Waals surface area contributed by atoms with E-state index >= 15 is 0 Å². The topological polar surface area (TPSA) is 89.6 Å². The summed E-state index contributed by atoms with van der Waals surface area (Å²) >= 11 is 0. The quantitative estimate of drug-likeness (QED) is 0.807. The first-order valence-corrected chi connectivity index (χ1v) is 10.2. The molecule has 0 atom stereocenters. The number of rotatable bonds is 6. The maximum atomic E-state index is 12.4. The number of nitrogens with one attached hydrogen (secondary N) is 2. The first-order chi connectivity index (χ1) is 12.6. The molecule has 1 aromatic carbocycles. The Morgan fingerprint density at radius 2 is 1.88 bits per heavy atom. The monoisotopic (exact) mass is 375 g/mol. The number of nitrogens with zero attached hydrogens (tertiary/aromatic N) is 1. The van der Waals surface area contributed by atoms with Gasteiger partial charge in [-0.25, -0.2) is 18.1 Å². The Morgan fingerprint density at radius 3 is 2.65 bits per heavy atom. The van der Waals surface area contributed by atoms with Gasteiger partial charge in [-0.1, -0.05) is 18.9 Å². The summed E-state index contributed by atoms with van der Waals surface area (Å²) in [4.78, 5) is 4.41. The zero-order chi connectivity index (χ0) is 18.0. The molecule has 0 amide bonds. The van der Waals surface area contributed by atoms with Crippen molar-refractivity contribution in [2.24, 2.45) is 0 Å². The molecule has 8 heteroatoms. The smallest absolute Gasteiger partial charge is 0.242 e. The summed E-state index contributed by atoms with van der Waals surface area (Å²) < 4.78 is 38.2. The van der Waals surface area contributed by atoms with Crippen LogP contribution in [-0.4, -0.2) is 26.2 Å². The molecule has 1 aromatic heterocycles. The van der Waals surface area contributed by atoms with Crippen LogP contribution in [0.5, 0.6) is 11.5 Å². The van der Waals surface area contributed by atoms with Crippen LogP contribution in [0.1, 0.15) is 31.2 Å². The van der Waals surface area contributed by atoms with Gasteiger partial charge in [0, 0.05) is 18.8 Å². The Kier molecular flexibility index (Phi) is 4.69. The van der Waals surface area contributed by atoms with E-state index in [9.17, 15) is 8.42 Å². The lowest BCUT2D eigenvalue weighted by Gasteiger charge is -2.13. The molecule has 1 aliphatic heterocycles. The van der Waals surface area contributed by atoms with E-state index in [2.05, 4.69) is 15.0 Å². The third-order valence-corrected chi connectivity index (χ3v) is 6.14. The van der Waals surface area contributed by atoms with Gasteiger partial charge in [-0.05, 0) is 42.7 Å². The fraction of sp³-hybridized carbons (Fsp3) is 0.389. The number of hydrogen-bond donors (Lipinski definition) is 2. The molecule has 0 radical (unpaired) electrons. The molecule has 0 spiro atoms. The molecule has 1 saturated carbocycles. The fourth-order valence-electron chi connectivity index (χ4n) is 3.22. The third-order valence-electron chi connectivity index (χ3n) is 4.63. The van der Waals surface area contributed by atoms with Gasteiger partial charge in [0.25, 0.3) is 0 Å². The first kappa shape index (κ1) is 17.1. The number of hydrogen-bond acceptors (Lipinski definition) is 6. The largest absolute Gasteiger partial charge is 0.454 e. The van der Waals surface area contributed by atoms with Gasteiger partial charge in [0.2, 0.25) is 16.8 Å². The average Bonchev–Trinajstić information content (AvgIpc) is 3.31. The molecule has 1 fully saturated rings. The van der Waals surface area contributed by atoms with E-state index < -0.39 is 10.0 Å². The van der Waals surface area contributed by atoms with E-state index in [1.54, 1.807) is 12.1 Å². The second-order valence-corrected chi connectivity index (χ2v) is 8.24. The van der Waals surface area contributed by atoms with Crippen molar-refractivity contribution in [3.05, 3.63) is 42.1 Å². The van der Waals surface area contributed by atoms with E-state index in [1.165, 1.54) is 6.20 Å². The molecule has 138 valence electrons. The maximum Gasteiger partial charge on any atom is 0.242 e. The van der Waals surface area contributed by atoms with Gasteiger partial charge in [-0.15, -0.1) is 0 Å². The summed E-state index contributed by atoms with van der Waals surface area (Å²) in [6, 6.07) is 9.04. The molecule has 26 heavy (non-hydrogen) atoms. The van der Waals surface area contributed by atoms with E-state index in [0.29, 0.717) is 12.4 Å². The van der Waals surface area contributed by atoms with Crippen LogP contribution in [0.15, 0.2) is 41.4 Å². The van der Waals surface area contributed by atoms with Gasteiger partial charge in [0.1, 0.15) is 10.7 Å². The van der Waals surface area contributed by atoms with Crippen LogP contribution in [0.3, 0.4) is 0 Å². The number of pyridine rings is 1. The summed E-state index contributed by atoms with van der Waals surface area (Å²) in [5, 5.41) is 3.18. The molecular weight excluding hydrogens is 354 g/mol. The zero-order valence-corrected chi connectivity index (χ0v) is 15.1. The van der Waals surface area contributed by atoms with Gasteiger partial charge >= 0.3 is 0 Å². The summed E-state index contributed by atoms with van der Waals surface area (Å²) in [7, 11) is -3.51. The predicted octanol–water partition coefficient (Wildman–Crippen LogP) is 2.64. The number of ether oxygens (including phenoxy) is 2. The number of anilines is 1. The number of benzene rings is 1. The molecule has 2 N–H and O–H groups in total. The lowest BCUT2D eigenvalue weighted by molar-refractivity contribution is 0.174. The highest BCUT2D eigenvalue weighted by molar-refractivity contribution is 7.89. The molecule has 2 heterocycles. The summed E-state index contributed by atoms with van der Waals surface area (Å²) in [6.45, 7) is 0.800. The Bertz CT molecular complexity index is 878. The molecule has 2 aromatic rings. The van der Waals surface area contributed by atoms with Crippen molar-refractivity contribution in [2.75, 3.05) is 12.1 Å². The van der Waals surface area contributed by atoms with Crippen molar-refractivity contribution in [1.82, 2.24) is 9.71 Å². The number of aromatic nitrogens is 1. The minimum atomic E-state index is -3.51. The van der Waals surface area contributed by atoms with Crippen LogP contribution in [0.2, 0.25) is 0 Å². The average molecular weight is 375 g/mol. The summed E-state index contributed by atoms with van der Waals surface area (Å²) in [5.41, 5.74) is 1.02. The molecule has 4 rings (SSSR count). The minimum absolute atomic E-state index is 0.0452. The SMILES string of the molecule is O=S(=O)(NC1CCCC1)c1ccc(NCc2ccc3c(c2)OCO3)nc1. The molecule has 0 unspecified atom stereocenters. The van der Waals surface area contributed by atoms with Crippen LogP contribution < -0.4 is 19.5 Å². The Labute approximate surface area is 152 Å². The summed E-state index contributed by atoms with van der Waals surface area (Å²) in [5.74, 6) is 2.09. The van der Waals surface area contributed by atoms with E-state index in [0.717, 1.165) is 42.7 Å². The fourth-order valence-corrected chi connectivity index (χ4v) is 4.47. The van der Waals surface area contributed by atoms with Crippen LogP contribution >= 0.6 is 0 Å². The Balaban J connectivity index is 1.38. The molecule has 0 bridgehead atoms. The van der Waals surface area contributed by atoms with Gasteiger partial charge in [-0.3, -0.25) is 0 Å². The normalized spacial score (nSPS) is 16.8.